The van der Waals surface area contributed by atoms with Crippen molar-refractivity contribution in [1.29, 1.82) is 0 Å². The predicted octanol–water partition coefficient (Wildman–Crippen LogP) is 0.892. The molecule has 0 aromatic heterocycles. The molecule has 5 heteroatoms. The Labute approximate surface area is 85.4 Å². The number of sulfone groups is 1. The maximum Gasteiger partial charge on any atom is 0.150 e. The molecule has 0 aliphatic rings. The van der Waals surface area contributed by atoms with Crippen LogP contribution in [0.3, 0.4) is 0 Å². The quantitative estimate of drug-likeness (QED) is 0.654. The molecule has 0 saturated heterocycles. The van der Waals surface area contributed by atoms with Gasteiger partial charge in [0, 0.05) is 17.5 Å². The second kappa shape index (κ2) is 6.68. The highest BCUT2D eigenvalue weighted by molar-refractivity contribution is 7.99. The van der Waals surface area contributed by atoms with E-state index in [2.05, 4.69) is 0 Å². The molecule has 3 nitrogen and oxygen atoms in total. The zero-order valence-electron chi connectivity index (χ0n) is 8.32. The van der Waals surface area contributed by atoms with Crippen LogP contribution >= 0.6 is 11.8 Å². The molecule has 0 radical (unpaired) electrons. The molecule has 1 atom stereocenters. The van der Waals surface area contributed by atoms with E-state index in [1.165, 1.54) is 0 Å². The minimum absolute atomic E-state index is 0.202. The maximum absolute atomic E-state index is 11.1. The van der Waals surface area contributed by atoms with E-state index in [4.69, 9.17) is 5.73 Å². The van der Waals surface area contributed by atoms with Crippen molar-refractivity contribution in [2.24, 2.45) is 5.73 Å². The summed E-state index contributed by atoms with van der Waals surface area (Å²) in [5.74, 6) is 2.37. The molecule has 0 aromatic rings. The number of thioether (sulfide) groups is 1. The molecule has 0 fully saturated rings. The van der Waals surface area contributed by atoms with E-state index >= 15 is 0 Å². The molecule has 0 rings (SSSR count). The number of rotatable bonds is 7. The van der Waals surface area contributed by atoms with Gasteiger partial charge in [0.2, 0.25) is 0 Å². The summed E-state index contributed by atoms with van der Waals surface area (Å²) in [4.78, 5) is 0. The van der Waals surface area contributed by atoms with Gasteiger partial charge >= 0.3 is 0 Å². The summed E-state index contributed by atoms with van der Waals surface area (Å²) in [6, 6.07) is 0.202. The number of hydrogen-bond donors (Lipinski definition) is 1. The Bertz CT molecular complexity index is 212. The van der Waals surface area contributed by atoms with Crippen LogP contribution in [-0.2, 0) is 9.84 Å². The highest BCUT2D eigenvalue weighted by Gasteiger charge is 2.06. The number of hydrogen-bond acceptors (Lipinski definition) is 4. The third kappa shape index (κ3) is 8.59. The molecule has 0 amide bonds. The van der Waals surface area contributed by atoms with Crippen molar-refractivity contribution in [2.45, 2.75) is 26.3 Å². The molecule has 13 heavy (non-hydrogen) atoms. The molecule has 0 aliphatic carbocycles. The van der Waals surface area contributed by atoms with Crippen molar-refractivity contribution >= 4 is 21.6 Å². The minimum atomic E-state index is -2.76. The van der Waals surface area contributed by atoms with E-state index in [-0.39, 0.29) is 11.8 Å². The first-order valence-corrected chi connectivity index (χ1v) is 7.49. The summed E-state index contributed by atoms with van der Waals surface area (Å²) in [6.07, 6.45) is 0.744. The van der Waals surface area contributed by atoms with Gasteiger partial charge < -0.3 is 5.73 Å². The summed E-state index contributed by atoms with van der Waals surface area (Å²) in [6.45, 7) is 3.64. The monoisotopic (exact) mass is 225 g/mol. The molecule has 0 spiro atoms. The van der Waals surface area contributed by atoms with Gasteiger partial charge in [0.15, 0.2) is 0 Å². The fourth-order valence-electron chi connectivity index (χ4n) is 0.794. The Morgan fingerprint density at radius 2 is 2.08 bits per heavy atom. The fraction of sp³-hybridized carbons (Fsp3) is 1.00. The smallest absolute Gasteiger partial charge is 0.150 e. The molecular weight excluding hydrogens is 206 g/mol. The molecule has 0 aliphatic heterocycles. The first-order chi connectivity index (χ1) is 5.98. The average Bonchev–Trinajstić information content (AvgIpc) is 2.03. The van der Waals surface area contributed by atoms with Crippen molar-refractivity contribution in [3.8, 4) is 0 Å². The van der Waals surface area contributed by atoms with Crippen molar-refractivity contribution in [3.05, 3.63) is 0 Å². The normalized spacial score (nSPS) is 14.4. The minimum Gasteiger partial charge on any atom is -0.327 e. The Kier molecular flexibility index (Phi) is 6.81. The van der Waals surface area contributed by atoms with Crippen LogP contribution in [0, 0.1) is 0 Å². The van der Waals surface area contributed by atoms with Gasteiger partial charge in [0.25, 0.3) is 0 Å². The highest BCUT2D eigenvalue weighted by atomic mass is 32.2. The summed E-state index contributed by atoms with van der Waals surface area (Å²) >= 11 is 1.72. The maximum atomic E-state index is 11.1. The van der Waals surface area contributed by atoms with Gasteiger partial charge in [-0.15, -0.1) is 0 Å². The van der Waals surface area contributed by atoms with E-state index in [1.807, 2.05) is 6.92 Å². The van der Waals surface area contributed by atoms with Crippen LogP contribution in [0.1, 0.15) is 20.3 Å². The third-order valence-electron chi connectivity index (χ3n) is 1.56. The van der Waals surface area contributed by atoms with Crippen LogP contribution in [0.25, 0.3) is 0 Å². The third-order valence-corrected chi connectivity index (χ3v) is 4.69. The highest BCUT2D eigenvalue weighted by Crippen LogP contribution is 2.05. The lowest BCUT2D eigenvalue weighted by Crippen LogP contribution is -2.18. The van der Waals surface area contributed by atoms with Crippen LogP contribution in [0.2, 0.25) is 0 Å². The first-order valence-electron chi connectivity index (χ1n) is 4.51. The summed E-state index contributed by atoms with van der Waals surface area (Å²) < 4.78 is 22.1. The molecule has 80 valence electrons. The van der Waals surface area contributed by atoms with Crippen molar-refractivity contribution < 1.29 is 8.42 Å². The lowest BCUT2D eigenvalue weighted by atomic mass is 10.4. The van der Waals surface area contributed by atoms with E-state index in [0.29, 0.717) is 5.75 Å². The molecule has 0 bridgehead atoms. The lowest BCUT2D eigenvalue weighted by Gasteiger charge is -2.04. The Balaban J connectivity index is 3.37. The van der Waals surface area contributed by atoms with Gasteiger partial charge in [0.05, 0.1) is 5.75 Å². The molecule has 0 saturated carbocycles. The Morgan fingerprint density at radius 3 is 2.54 bits per heavy atom. The SMILES string of the molecule is CCS(=O)(=O)CCCSCC(C)N. The zero-order chi connectivity index (χ0) is 10.3. The predicted molar refractivity (Wildman–Crippen MR) is 59.9 cm³/mol. The average molecular weight is 225 g/mol. The van der Waals surface area contributed by atoms with Crippen LogP contribution in [-0.4, -0.2) is 37.5 Å². The van der Waals surface area contributed by atoms with E-state index in [1.54, 1.807) is 18.7 Å². The van der Waals surface area contributed by atoms with Crippen molar-refractivity contribution in [1.82, 2.24) is 0 Å². The van der Waals surface area contributed by atoms with Crippen LogP contribution in [0.4, 0.5) is 0 Å². The summed E-state index contributed by atoms with van der Waals surface area (Å²) in [5, 5.41) is 0. The standard InChI is InChI=1S/C8H19NO2S2/c1-3-13(10,11)6-4-5-12-7-8(2)9/h8H,3-7,9H2,1-2H3. The van der Waals surface area contributed by atoms with Crippen molar-refractivity contribution in [2.75, 3.05) is 23.0 Å². The van der Waals surface area contributed by atoms with Crippen LogP contribution in [0.5, 0.6) is 0 Å². The van der Waals surface area contributed by atoms with Gasteiger partial charge in [-0.3, -0.25) is 0 Å². The van der Waals surface area contributed by atoms with Gasteiger partial charge in [-0.2, -0.15) is 11.8 Å². The van der Waals surface area contributed by atoms with Gasteiger partial charge in [-0.25, -0.2) is 8.42 Å². The Hall–Kier alpha value is 0.260. The second-order valence-electron chi connectivity index (χ2n) is 3.14. The van der Waals surface area contributed by atoms with E-state index in [9.17, 15) is 8.42 Å². The van der Waals surface area contributed by atoms with Gasteiger partial charge in [-0.1, -0.05) is 6.92 Å². The molecular formula is C8H19NO2S2. The molecule has 0 heterocycles. The summed E-state index contributed by atoms with van der Waals surface area (Å²) in [5.41, 5.74) is 5.55. The van der Waals surface area contributed by atoms with Gasteiger partial charge in [0.1, 0.15) is 9.84 Å². The second-order valence-corrected chi connectivity index (χ2v) is 6.76. The molecule has 2 N–H and O–H groups in total. The zero-order valence-corrected chi connectivity index (χ0v) is 9.96. The van der Waals surface area contributed by atoms with Crippen LogP contribution < -0.4 is 5.73 Å². The fourth-order valence-corrected chi connectivity index (χ4v) is 2.74. The topological polar surface area (TPSA) is 60.2 Å². The van der Waals surface area contributed by atoms with Gasteiger partial charge in [-0.05, 0) is 19.1 Å². The first kappa shape index (κ1) is 13.3. The van der Waals surface area contributed by atoms with E-state index < -0.39 is 9.84 Å². The molecule has 1 unspecified atom stereocenters. The Morgan fingerprint density at radius 1 is 1.46 bits per heavy atom. The number of nitrogens with two attached hydrogens (primary N) is 1. The lowest BCUT2D eigenvalue weighted by molar-refractivity contribution is 0.596. The summed E-state index contributed by atoms with van der Waals surface area (Å²) in [7, 11) is -2.76. The van der Waals surface area contributed by atoms with E-state index in [0.717, 1.165) is 17.9 Å². The van der Waals surface area contributed by atoms with Crippen molar-refractivity contribution in [3.63, 3.8) is 0 Å². The van der Waals surface area contributed by atoms with Crippen LogP contribution in [0.15, 0.2) is 0 Å². The largest absolute Gasteiger partial charge is 0.327 e. The molecule has 0 aromatic carbocycles.